The van der Waals surface area contributed by atoms with Gasteiger partial charge in [0.1, 0.15) is 0 Å². The van der Waals surface area contributed by atoms with Crippen LogP contribution in [0, 0.1) is 18.8 Å². The summed E-state index contributed by atoms with van der Waals surface area (Å²) in [5.74, 6) is 2.45. The molecule has 2 heterocycles. The quantitative estimate of drug-likeness (QED) is 0.372. The van der Waals surface area contributed by atoms with E-state index >= 15 is 0 Å². The first-order valence-corrected chi connectivity index (χ1v) is 10.4. The Labute approximate surface area is 180 Å². The van der Waals surface area contributed by atoms with Gasteiger partial charge in [0.2, 0.25) is 0 Å². The Morgan fingerprint density at radius 2 is 2.08 bits per heavy atom. The highest BCUT2D eigenvalue weighted by atomic mass is 127. The molecule has 2 rings (SSSR count). The number of aryl methyl sites for hydroxylation is 1. The van der Waals surface area contributed by atoms with Gasteiger partial charge in [-0.3, -0.25) is 9.89 Å². The minimum atomic E-state index is 0. The van der Waals surface area contributed by atoms with E-state index in [-0.39, 0.29) is 24.0 Å². The zero-order valence-corrected chi connectivity index (χ0v) is 20.3. The third kappa shape index (κ3) is 6.96. The van der Waals surface area contributed by atoms with Gasteiger partial charge in [0.15, 0.2) is 5.96 Å². The van der Waals surface area contributed by atoms with Crippen LogP contribution in [-0.4, -0.2) is 60.5 Å². The molecule has 1 atom stereocenters. The molecule has 1 N–H and O–H groups in total. The minimum Gasteiger partial charge on any atom is -0.355 e. The molecule has 0 saturated carbocycles. The molecule has 1 aromatic rings. The Balaban J connectivity index is 0.00000338. The first kappa shape index (κ1) is 23.6. The number of aliphatic imine (C=N–C) groups is 1. The van der Waals surface area contributed by atoms with Gasteiger partial charge in [-0.25, -0.2) is 4.98 Å². The minimum absolute atomic E-state index is 0. The largest absolute Gasteiger partial charge is 0.355 e. The summed E-state index contributed by atoms with van der Waals surface area (Å²) in [5, 5.41) is 6.84. The van der Waals surface area contributed by atoms with Crippen molar-refractivity contribution in [2.75, 3.05) is 33.7 Å². The Kier molecular flexibility index (Phi) is 10.4. The lowest BCUT2D eigenvalue weighted by Gasteiger charge is -2.39. The maximum absolute atomic E-state index is 4.56. The Morgan fingerprint density at radius 3 is 2.58 bits per heavy atom. The number of piperidine rings is 1. The zero-order valence-electron chi connectivity index (χ0n) is 17.2. The van der Waals surface area contributed by atoms with Crippen LogP contribution in [0.4, 0.5) is 0 Å². The van der Waals surface area contributed by atoms with Crippen LogP contribution in [0.2, 0.25) is 0 Å². The normalized spacial score (nSPS) is 17.9. The molecule has 1 saturated heterocycles. The summed E-state index contributed by atoms with van der Waals surface area (Å²) in [5.41, 5.74) is 1.11. The van der Waals surface area contributed by atoms with Crippen molar-refractivity contribution >= 4 is 41.3 Å². The van der Waals surface area contributed by atoms with Gasteiger partial charge in [-0.05, 0) is 44.7 Å². The average Bonchev–Trinajstić information content (AvgIpc) is 2.97. The molecule has 1 unspecified atom stereocenters. The van der Waals surface area contributed by atoms with Crippen LogP contribution < -0.4 is 5.32 Å². The standard InChI is InChI=1S/C19H35N5S.HI/c1-14(2)18(24-9-7-15(3)8-10-24)11-21-19(20-5)23(6)12-17-13-25-16(4)22-17;/h13-15,18H,7-12H2,1-6H3,(H,20,21);1H. The molecule has 5 nitrogen and oxygen atoms in total. The van der Waals surface area contributed by atoms with Crippen molar-refractivity contribution in [3.05, 3.63) is 16.1 Å². The second-order valence-corrected chi connectivity index (χ2v) is 8.73. The van der Waals surface area contributed by atoms with Crippen LogP contribution in [0.25, 0.3) is 0 Å². The first-order valence-electron chi connectivity index (χ1n) is 9.47. The summed E-state index contributed by atoms with van der Waals surface area (Å²) < 4.78 is 0. The number of aromatic nitrogens is 1. The van der Waals surface area contributed by atoms with E-state index in [1.807, 2.05) is 14.0 Å². The first-order chi connectivity index (χ1) is 11.9. The lowest BCUT2D eigenvalue weighted by molar-refractivity contribution is 0.109. The van der Waals surface area contributed by atoms with Gasteiger partial charge in [-0.1, -0.05) is 20.8 Å². The number of guanidine groups is 1. The van der Waals surface area contributed by atoms with Crippen LogP contribution in [0.15, 0.2) is 10.4 Å². The zero-order chi connectivity index (χ0) is 18.4. The van der Waals surface area contributed by atoms with E-state index < -0.39 is 0 Å². The molecule has 0 aliphatic carbocycles. The number of rotatable bonds is 6. The molecule has 0 radical (unpaired) electrons. The highest BCUT2D eigenvalue weighted by Gasteiger charge is 2.26. The van der Waals surface area contributed by atoms with E-state index in [1.54, 1.807) is 11.3 Å². The van der Waals surface area contributed by atoms with E-state index in [9.17, 15) is 0 Å². The predicted octanol–water partition coefficient (Wildman–Crippen LogP) is 3.83. The Hall–Kier alpha value is -0.410. The molecular weight excluding hydrogens is 457 g/mol. The fourth-order valence-corrected chi connectivity index (χ4v) is 4.13. The molecule has 0 bridgehead atoms. The summed E-state index contributed by atoms with van der Waals surface area (Å²) in [6.45, 7) is 13.3. The summed E-state index contributed by atoms with van der Waals surface area (Å²) in [4.78, 5) is 13.8. The summed E-state index contributed by atoms with van der Waals surface area (Å²) in [6, 6.07) is 0.555. The molecule has 150 valence electrons. The van der Waals surface area contributed by atoms with Gasteiger partial charge in [-0.2, -0.15) is 0 Å². The smallest absolute Gasteiger partial charge is 0.193 e. The maximum atomic E-state index is 4.56. The molecule has 0 amide bonds. The molecule has 1 aliphatic rings. The number of halogens is 1. The molecule has 0 aromatic carbocycles. The number of hydrogen-bond donors (Lipinski definition) is 1. The van der Waals surface area contributed by atoms with Gasteiger partial charge in [0, 0.05) is 32.1 Å². The SMILES string of the molecule is CN=C(NCC(C(C)C)N1CCC(C)CC1)N(C)Cc1csc(C)n1.I. The van der Waals surface area contributed by atoms with Crippen LogP contribution in [0.1, 0.15) is 44.3 Å². The summed E-state index contributed by atoms with van der Waals surface area (Å²) in [6.07, 6.45) is 2.64. The molecule has 7 heteroatoms. The van der Waals surface area contributed by atoms with Crippen molar-refractivity contribution in [2.45, 2.75) is 53.1 Å². The van der Waals surface area contributed by atoms with Crippen LogP contribution in [-0.2, 0) is 6.54 Å². The fraction of sp³-hybridized carbons (Fsp3) is 0.789. The van der Waals surface area contributed by atoms with Gasteiger partial charge in [-0.15, -0.1) is 35.3 Å². The molecule has 1 fully saturated rings. The van der Waals surface area contributed by atoms with Crippen molar-refractivity contribution in [1.82, 2.24) is 20.1 Å². The summed E-state index contributed by atoms with van der Waals surface area (Å²) >= 11 is 1.70. The Bertz CT molecular complexity index is 552. The van der Waals surface area contributed by atoms with Crippen LogP contribution in [0.5, 0.6) is 0 Å². The van der Waals surface area contributed by atoms with Crippen molar-refractivity contribution in [3.8, 4) is 0 Å². The van der Waals surface area contributed by atoms with Gasteiger partial charge < -0.3 is 10.2 Å². The van der Waals surface area contributed by atoms with Gasteiger partial charge in [0.05, 0.1) is 17.2 Å². The van der Waals surface area contributed by atoms with Crippen molar-refractivity contribution < 1.29 is 0 Å². The van der Waals surface area contributed by atoms with Gasteiger partial charge >= 0.3 is 0 Å². The number of likely N-dealkylation sites (tertiary alicyclic amines) is 1. The molecule has 1 aliphatic heterocycles. The van der Waals surface area contributed by atoms with E-state index in [2.05, 4.69) is 58.3 Å². The van der Waals surface area contributed by atoms with Crippen molar-refractivity contribution in [2.24, 2.45) is 16.8 Å². The highest BCUT2D eigenvalue weighted by molar-refractivity contribution is 14.0. The average molecular weight is 494 g/mol. The number of hydrogen-bond acceptors (Lipinski definition) is 4. The summed E-state index contributed by atoms with van der Waals surface area (Å²) in [7, 11) is 3.94. The van der Waals surface area contributed by atoms with E-state index in [0.29, 0.717) is 12.0 Å². The molecule has 26 heavy (non-hydrogen) atoms. The topological polar surface area (TPSA) is 43.8 Å². The highest BCUT2D eigenvalue weighted by Crippen LogP contribution is 2.21. The molecular formula is C19H36IN5S. The number of nitrogens with zero attached hydrogens (tertiary/aromatic N) is 4. The lowest BCUT2D eigenvalue weighted by Crippen LogP contribution is -2.51. The van der Waals surface area contributed by atoms with Crippen LogP contribution >= 0.6 is 35.3 Å². The Morgan fingerprint density at radius 1 is 1.42 bits per heavy atom. The van der Waals surface area contributed by atoms with E-state index in [4.69, 9.17) is 0 Å². The molecule has 0 spiro atoms. The number of thiazole rings is 1. The number of nitrogens with one attached hydrogen (secondary N) is 1. The third-order valence-corrected chi connectivity index (χ3v) is 5.99. The predicted molar refractivity (Wildman–Crippen MR) is 124 cm³/mol. The van der Waals surface area contributed by atoms with Gasteiger partial charge in [0.25, 0.3) is 0 Å². The van der Waals surface area contributed by atoms with Crippen molar-refractivity contribution in [1.29, 1.82) is 0 Å². The monoisotopic (exact) mass is 493 g/mol. The lowest BCUT2D eigenvalue weighted by atomic mass is 9.94. The molecule has 1 aromatic heterocycles. The van der Waals surface area contributed by atoms with Crippen LogP contribution in [0.3, 0.4) is 0 Å². The van der Waals surface area contributed by atoms with Crippen molar-refractivity contribution in [3.63, 3.8) is 0 Å². The third-order valence-electron chi connectivity index (χ3n) is 5.17. The second-order valence-electron chi connectivity index (χ2n) is 7.67. The van der Waals surface area contributed by atoms with E-state index in [0.717, 1.165) is 35.7 Å². The van der Waals surface area contributed by atoms with E-state index in [1.165, 1.54) is 25.9 Å². The second kappa shape index (κ2) is 11.4. The fourth-order valence-electron chi connectivity index (χ4n) is 3.53. The maximum Gasteiger partial charge on any atom is 0.193 e.